The van der Waals surface area contributed by atoms with Gasteiger partial charge in [-0.05, 0) is 30.6 Å². The molecule has 1 heterocycles. The summed E-state index contributed by atoms with van der Waals surface area (Å²) in [7, 11) is 0. The molecule has 2 rings (SSSR count). The lowest BCUT2D eigenvalue weighted by Crippen LogP contribution is -2.15. The van der Waals surface area contributed by atoms with Gasteiger partial charge in [-0.3, -0.25) is 0 Å². The summed E-state index contributed by atoms with van der Waals surface area (Å²) >= 11 is 0. The van der Waals surface area contributed by atoms with E-state index in [1.165, 1.54) is 24.8 Å². The van der Waals surface area contributed by atoms with Crippen LogP contribution >= 0.6 is 0 Å². The molecule has 0 spiro atoms. The summed E-state index contributed by atoms with van der Waals surface area (Å²) in [5, 5.41) is 0. The van der Waals surface area contributed by atoms with Gasteiger partial charge in [0.1, 0.15) is 5.82 Å². The van der Waals surface area contributed by atoms with Crippen LogP contribution < -0.4 is 0 Å². The normalized spacial score (nSPS) is 14.2. The molecule has 2 heteroatoms. The van der Waals surface area contributed by atoms with E-state index in [9.17, 15) is 0 Å². The van der Waals surface area contributed by atoms with Gasteiger partial charge >= 0.3 is 0 Å². The third-order valence-electron chi connectivity index (χ3n) is 4.39. The summed E-state index contributed by atoms with van der Waals surface area (Å²) in [4.78, 5) is 4.56. The van der Waals surface area contributed by atoms with Crippen molar-refractivity contribution in [3.63, 3.8) is 0 Å². The van der Waals surface area contributed by atoms with Gasteiger partial charge in [-0.15, -0.1) is 0 Å². The summed E-state index contributed by atoms with van der Waals surface area (Å²) in [6.07, 6.45) is 7.91. The Morgan fingerprint density at radius 2 is 1.77 bits per heavy atom. The number of rotatable bonds is 8. The van der Waals surface area contributed by atoms with Crippen LogP contribution in [0.15, 0.2) is 42.7 Å². The van der Waals surface area contributed by atoms with E-state index in [0.29, 0.717) is 0 Å². The second-order valence-electron chi connectivity index (χ2n) is 7.01. The second-order valence-corrected chi connectivity index (χ2v) is 7.01. The van der Waals surface area contributed by atoms with Gasteiger partial charge in [-0.25, -0.2) is 4.98 Å². The van der Waals surface area contributed by atoms with Crippen molar-refractivity contribution in [1.82, 2.24) is 9.55 Å². The first kappa shape index (κ1) is 16.8. The Bertz CT molecular complexity index is 542. The third kappa shape index (κ3) is 4.72. The van der Waals surface area contributed by atoms with Gasteiger partial charge in [0.25, 0.3) is 0 Å². The zero-order chi connectivity index (χ0) is 15.9. The highest BCUT2D eigenvalue weighted by molar-refractivity contribution is 5.55. The number of nitrogens with zero attached hydrogens (tertiary/aromatic N) is 2. The highest BCUT2D eigenvalue weighted by atomic mass is 15.1. The monoisotopic (exact) mass is 298 g/mol. The second kappa shape index (κ2) is 8.17. The van der Waals surface area contributed by atoms with E-state index in [1.54, 1.807) is 0 Å². The minimum absolute atomic E-state index is 0.727. The molecule has 0 radical (unpaired) electrons. The van der Waals surface area contributed by atoms with Crippen LogP contribution in [0.25, 0.3) is 11.4 Å². The van der Waals surface area contributed by atoms with Crippen LogP contribution in [0.2, 0.25) is 0 Å². The first-order chi connectivity index (χ1) is 10.6. The van der Waals surface area contributed by atoms with Crippen LogP contribution in [-0.4, -0.2) is 9.55 Å². The molecule has 0 bridgehead atoms. The Morgan fingerprint density at radius 3 is 2.41 bits per heavy atom. The number of hydrogen-bond donors (Lipinski definition) is 0. The van der Waals surface area contributed by atoms with Crippen LogP contribution in [0.5, 0.6) is 0 Å². The molecule has 0 saturated heterocycles. The fraction of sp³-hybridized carbons (Fsp3) is 0.550. The van der Waals surface area contributed by atoms with Crippen molar-refractivity contribution < 1.29 is 0 Å². The smallest absolute Gasteiger partial charge is 0.139 e. The van der Waals surface area contributed by atoms with E-state index in [-0.39, 0.29) is 0 Å². The van der Waals surface area contributed by atoms with Gasteiger partial charge in [0.2, 0.25) is 0 Å². The van der Waals surface area contributed by atoms with E-state index >= 15 is 0 Å². The Morgan fingerprint density at radius 1 is 1.05 bits per heavy atom. The van der Waals surface area contributed by atoms with E-state index in [0.717, 1.165) is 30.1 Å². The number of imidazole rings is 1. The molecular formula is C20H30N2. The zero-order valence-corrected chi connectivity index (χ0v) is 14.5. The maximum atomic E-state index is 4.56. The predicted octanol–water partition coefficient (Wildman–Crippen LogP) is 5.65. The van der Waals surface area contributed by atoms with Crippen molar-refractivity contribution in [3.05, 3.63) is 42.7 Å². The lowest BCUT2D eigenvalue weighted by atomic mass is 9.88. The van der Waals surface area contributed by atoms with E-state index < -0.39 is 0 Å². The Hall–Kier alpha value is -1.57. The van der Waals surface area contributed by atoms with Gasteiger partial charge in [0.15, 0.2) is 0 Å². The summed E-state index contributed by atoms with van der Waals surface area (Å²) in [6.45, 7) is 10.4. The average molecular weight is 298 g/mol. The number of aromatic nitrogens is 2. The highest BCUT2D eigenvalue weighted by Crippen LogP contribution is 2.25. The lowest BCUT2D eigenvalue weighted by Gasteiger charge is -2.22. The molecule has 0 amide bonds. The lowest BCUT2D eigenvalue weighted by molar-refractivity contribution is 0.308. The summed E-state index contributed by atoms with van der Waals surface area (Å²) in [5.41, 5.74) is 1.21. The Kier molecular flexibility index (Phi) is 6.23. The average Bonchev–Trinajstić information content (AvgIpc) is 2.94. The number of hydrogen-bond acceptors (Lipinski definition) is 1. The van der Waals surface area contributed by atoms with Crippen molar-refractivity contribution >= 4 is 0 Å². The van der Waals surface area contributed by atoms with Gasteiger partial charge in [0, 0.05) is 24.5 Å². The quantitative estimate of drug-likeness (QED) is 0.616. The van der Waals surface area contributed by atoms with Crippen LogP contribution in [0, 0.1) is 17.8 Å². The summed E-state index contributed by atoms with van der Waals surface area (Å²) in [6, 6.07) is 10.5. The molecule has 0 N–H and O–H groups in total. The molecule has 1 aromatic heterocycles. The molecule has 2 aromatic rings. The van der Waals surface area contributed by atoms with Gasteiger partial charge < -0.3 is 4.57 Å². The number of benzene rings is 1. The van der Waals surface area contributed by atoms with Crippen molar-refractivity contribution in [2.45, 2.75) is 53.5 Å². The Balaban J connectivity index is 2.05. The maximum Gasteiger partial charge on any atom is 0.139 e. The molecule has 0 fully saturated rings. The minimum atomic E-state index is 0.727. The topological polar surface area (TPSA) is 17.8 Å². The molecule has 22 heavy (non-hydrogen) atoms. The predicted molar refractivity (Wildman–Crippen MR) is 94.7 cm³/mol. The fourth-order valence-electron chi connectivity index (χ4n) is 3.42. The summed E-state index contributed by atoms with van der Waals surface area (Å²) < 4.78 is 2.32. The Labute approximate surface area is 135 Å². The van der Waals surface area contributed by atoms with E-state index in [4.69, 9.17) is 0 Å². The fourth-order valence-corrected chi connectivity index (χ4v) is 3.42. The molecule has 0 saturated carbocycles. The van der Waals surface area contributed by atoms with E-state index in [2.05, 4.69) is 73.8 Å². The highest BCUT2D eigenvalue weighted by Gasteiger charge is 2.15. The molecule has 1 aromatic carbocycles. The van der Waals surface area contributed by atoms with E-state index in [1.807, 2.05) is 6.20 Å². The van der Waals surface area contributed by atoms with Gasteiger partial charge in [0.05, 0.1) is 0 Å². The van der Waals surface area contributed by atoms with Crippen LogP contribution in [-0.2, 0) is 6.54 Å². The molecule has 0 aliphatic heterocycles. The van der Waals surface area contributed by atoms with Gasteiger partial charge in [-0.1, -0.05) is 64.4 Å². The summed E-state index contributed by atoms with van der Waals surface area (Å²) in [5.74, 6) is 3.41. The van der Waals surface area contributed by atoms with Crippen molar-refractivity contribution in [2.75, 3.05) is 0 Å². The van der Waals surface area contributed by atoms with Crippen molar-refractivity contribution in [1.29, 1.82) is 0 Å². The maximum absolute atomic E-state index is 4.56. The molecule has 2 unspecified atom stereocenters. The first-order valence-electron chi connectivity index (χ1n) is 8.66. The molecular weight excluding hydrogens is 268 g/mol. The molecule has 2 atom stereocenters. The van der Waals surface area contributed by atoms with Crippen molar-refractivity contribution in [3.8, 4) is 11.4 Å². The molecule has 120 valence electrons. The largest absolute Gasteiger partial charge is 0.331 e. The van der Waals surface area contributed by atoms with Gasteiger partial charge in [-0.2, -0.15) is 0 Å². The minimum Gasteiger partial charge on any atom is -0.331 e. The van der Waals surface area contributed by atoms with Crippen LogP contribution in [0.1, 0.15) is 47.0 Å². The van der Waals surface area contributed by atoms with Crippen LogP contribution in [0.3, 0.4) is 0 Å². The van der Waals surface area contributed by atoms with Crippen molar-refractivity contribution in [2.24, 2.45) is 17.8 Å². The van der Waals surface area contributed by atoms with Crippen LogP contribution in [0.4, 0.5) is 0 Å². The molecule has 0 aliphatic rings. The standard InChI is InChI=1S/C20H30N2/c1-5-18(14-17(4)13-16(2)3)15-22-12-11-21-20(22)19-9-7-6-8-10-19/h6-12,16-18H,5,13-15H2,1-4H3. The zero-order valence-electron chi connectivity index (χ0n) is 14.5. The third-order valence-corrected chi connectivity index (χ3v) is 4.39. The first-order valence-corrected chi connectivity index (χ1v) is 8.66. The molecule has 0 aliphatic carbocycles. The molecule has 2 nitrogen and oxygen atoms in total. The SMILES string of the molecule is CCC(CC(C)CC(C)C)Cn1ccnc1-c1ccccc1.